The van der Waals surface area contributed by atoms with E-state index in [1.165, 1.54) is 18.6 Å². The van der Waals surface area contributed by atoms with Gasteiger partial charge in [0.25, 0.3) is 0 Å². The number of hydrogen-bond donors (Lipinski definition) is 1. The molecule has 0 radical (unpaired) electrons. The largest absolute Gasteiger partial charge is 0.455 e. The van der Waals surface area contributed by atoms with Crippen molar-refractivity contribution in [1.82, 2.24) is 0 Å². The van der Waals surface area contributed by atoms with Crippen LogP contribution in [0.2, 0.25) is 0 Å². The number of epoxide rings is 1. The fraction of sp³-hybridized carbons (Fsp3) is 0.625. The maximum atomic E-state index is 12.9. The molecule has 4 aliphatic heterocycles. The average molecular weight is 557 g/mol. The van der Waals surface area contributed by atoms with Gasteiger partial charge in [0.2, 0.25) is 0 Å². The highest BCUT2D eigenvalue weighted by Crippen LogP contribution is 2.35. The minimum Gasteiger partial charge on any atom is -0.455 e. The first-order valence-corrected chi connectivity index (χ1v) is 14.5. The Morgan fingerprint density at radius 3 is 2.77 bits per heavy atom. The standard InChI is InChI=1S/C32H44O8/c1-20-13-14-36-25(16-20)11-12-28(37-23(4)33)29-19-30-32(40-30)27(34)18-22(3)15-21(2)17-26-9-5-7-24(38-26)8-6-10-31(35)39-29/h5-7,10-13,21,24-30,32,34H,3,8-9,14-19H2,1-2,4H3. The summed E-state index contributed by atoms with van der Waals surface area (Å²) in [5.41, 5.74) is 2.20. The molecule has 0 aromatic carbocycles. The van der Waals surface area contributed by atoms with Gasteiger partial charge in [-0.2, -0.15) is 0 Å². The normalized spacial score (nSPS) is 36.5. The Hall–Kier alpha value is -2.52. The van der Waals surface area contributed by atoms with Gasteiger partial charge in [-0.3, -0.25) is 4.79 Å². The number of ether oxygens (including phenoxy) is 5. The quantitative estimate of drug-likeness (QED) is 0.303. The zero-order valence-corrected chi connectivity index (χ0v) is 23.9. The van der Waals surface area contributed by atoms with Gasteiger partial charge in [0, 0.05) is 19.4 Å². The molecule has 1 fully saturated rings. The number of rotatable bonds is 4. The van der Waals surface area contributed by atoms with Crippen LogP contribution in [0.25, 0.3) is 0 Å². The molecule has 4 rings (SSSR count). The Morgan fingerprint density at radius 1 is 1.18 bits per heavy atom. The first-order valence-electron chi connectivity index (χ1n) is 14.5. The monoisotopic (exact) mass is 556 g/mol. The number of hydrogen-bond acceptors (Lipinski definition) is 8. The van der Waals surface area contributed by atoms with Crippen molar-refractivity contribution in [2.75, 3.05) is 6.61 Å². The molecule has 40 heavy (non-hydrogen) atoms. The summed E-state index contributed by atoms with van der Waals surface area (Å²) < 4.78 is 29.3. The van der Waals surface area contributed by atoms with Crippen LogP contribution in [0, 0.1) is 5.92 Å². The van der Waals surface area contributed by atoms with E-state index < -0.39 is 36.4 Å². The predicted molar refractivity (Wildman–Crippen MR) is 150 cm³/mol. The fourth-order valence-corrected chi connectivity index (χ4v) is 5.75. The van der Waals surface area contributed by atoms with Crippen LogP contribution in [0.4, 0.5) is 0 Å². The van der Waals surface area contributed by atoms with E-state index in [2.05, 4.69) is 19.6 Å². The van der Waals surface area contributed by atoms with Gasteiger partial charge in [-0.15, -0.1) is 0 Å². The van der Waals surface area contributed by atoms with Crippen molar-refractivity contribution >= 4 is 11.9 Å². The van der Waals surface area contributed by atoms with Crippen LogP contribution in [0.1, 0.15) is 65.7 Å². The zero-order valence-electron chi connectivity index (χ0n) is 23.9. The van der Waals surface area contributed by atoms with E-state index in [0.29, 0.717) is 25.4 Å². The lowest BCUT2D eigenvalue weighted by Crippen LogP contribution is -2.35. The molecular formula is C32H44O8. The Morgan fingerprint density at radius 2 is 2.00 bits per heavy atom. The van der Waals surface area contributed by atoms with Crippen molar-refractivity contribution in [3.8, 4) is 0 Å². The highest BCUT2D eigenvalue weighted by Gasteiger charge is 2.47. The van der Waals surface area contributed by atoms with E-state index >= 15 is 0 Å². The molecular weight excluding hydrogens is 512 g/mol. The summed E-state index contributed by atoms with van der Waals surface area (Å²) in [6.45, 7) is 10.3. The maximum absolute atomic E-state index is 12.9. The summed E-state index contributed by atoms with van der Waals surface area (Å²) >= 11 is 0. The topological polar surface area (TPSA) is 104 Å². The van der Waals surface area contributed by atoms with E-state index in [9.17, 15) is 14.7 Å². The minimum atomic E-state index is -0.835. The smallest absolute Gasteiger partial charge is 0.330 e. The van der Waals surface area contributed by atoms with Crippen molar-refractivity contribution in [2.24, 2.45) is 5.92 Å². The van der Waals surface area contributed by atoms with Crippen molar-refractivity contribution in [3.05, 3.63) is 60.3 Å². The lowest BCUT2D eigenvalue weighted by molar-refractivity contribution is -0.160. The van der Waals surface area contributed by atoms with E-state index in [-0.39, 0.29) is 30.8 Å². The highest BCUT2D eigenvalue weighted by molar-refractivity contribution is 5.82. The number of aliphatic hydroxyl groups excluding tert-OH is 1. The first-order chi connectivity index (χ1) is 19.2. The van der Waals surface area contributed by atoms with Gasteiger partial charge in [0.15, 0.2) is 6.10 Å². The van der Waals surface area contributed by atoms with Crippen molar-refractivity contribution in [2.45, 2.75) is 115 Å². The van der Waals surface area contributed by atoms with E-state index in [0.717, 1.165) is 31.3 Å². The average Bonchev–Trinajstić information content (AvgIpc) is 3.65. The second kappa shape index (κ2) is 14.4. The van der Waals surface area contributed by atoms with Crippen molar-refractivity contribution < 1.29 is 38.4 Å². The van der Waals surface area contributed by atoms with Gasteiger partial charge in [0.1, 0.15) is 12.2 Å². The molecule has 0 aromatic heterocycles. The molecule has 2 bridgehead atoms. The van der Waals surface area contributed by atoms with Crippen LogP contribution in [-0.4, -0.2) is 72.5 Å². The third kappa shape index (κ3) is 9.54. The number of cyclic esters (lactones) is 1. The van der Waals surface area contributed by atoms with Gasteiger partial charge in [-0.05, 0) is 57.4 Å². The Kier molecular flexibility index (Phi) is 11.0. The Labute approximate surface area is 237 Å². The third-order valence-corrected chi connectivity index (χ3v) is 7.72. The molecule has 4 aliphatic rings. The molecule has 220 valence electrons. The third-order valence-electron chi connectivity index (χ3n) is 7.72. The van der Waals surface area contributed by atoms with E-state index in [4.69, 9.17) is 23.7 Å². The molecule has 9 unspecified atom stereocenters. The molecule has 0 saturated carbocycles. The van der Waals surface area contributed by atoms with Crippen LogP contribution < -0.4 is 0 Å². The lowest BCUT2D eigenvalue weighted by atomic mass is 9.91. The fourth-order valence-electron chi connectivity index (χ4n) is 5.75. The highest BCUT2D eigenvalue weighted by atomic mass is 16.6. The summed E-state index contributed by atoms with van der Waals surface area (Å²) in [6, 6.07) is 0. The number of carbonyl (C=O) groups is 2. The number of fused-ring (bicyclic) bond motifs is 3. The van der Waals surface area contributed by atoms with Gasteiger partial charge in [0.05, 0.1) is 37.1 Å². The van der Waals surface area contributed by atoms with E-state index in [1.54, 1.807) is 12.2 Å². The van der Waals surface area contributed by atoms with Crippen LogP contribution >= 0.6 is 0 Å². The predicted octanol–water partition coefficient (Wildman–Crippen LogP) is 4.68. The second-order valence-electron chi connectivity index (χ2n) is 11.6. The van der Waals surface area contributed by atoms with Gasteiger partial charge >= 0.3 is 11.9 Å². The molecule has 0 aromatic rings. The van der Waals surface area contributed by atoms with Gasteiger partial charge in [-0.25, -0.2) is 4.79 Å². The molecule has 1 saturated heterocycles. The molecule has 0 amide bonds. The minimum absolute atomic E-state index is 0.103. The number of aliphatic hydroxyl groups is 1. The SMILES string of the molecule is C=C1CC(C)CC2CC=CC(CC=CC(=O)OC(C(C=CC3CC(C)=CCO3)OC(C)=O)CC3OC3C(O)C1)O2. The molecule has 8 nitrogen and oxygen atoms in total. The maximum Gasteiger partial charge on any atom is 0.330 e. The Balaban J connectivity index is 1.52. The van der Waals surface area contributed by atoms with Gasteiger partial charge < -0.3 is 28.8 Å². The summed E-state index contributed by atoms with van der Waals surface area (Å²) in [5, 5.41) is 10.9. The van der Waals surface area contributed by atoms with Gasteiger partial charge in [-0.1, -0.05) is 55.0 Å². The van der Waals surface area contributed by atoms with Crippen LogP contribution in [0.5, 0.6) is 0 Å². The molecule has 0 aliphatic carbocycles. The Bertz CT molecular complexity index is 1030. The van der Waals surface area contributed by atoms with Crippen molar-refractivity contribution in [3.63, 3.8) is 0 Å². The number of esters is 2. The summed E-state index contributed by atoms with van der Waals surface area (Å²) in [4.78, 5) is 24.9. The second-order valence-corrected chi connectivity index (χ2v) is 11.6. The summed E-state index contributed by atoms with van der Waals surface area (Å²) in [5.74, 6) is -0.665. The summed E-state index contributed by atoms with van der Waals surface area (Å²) in [7, 11) is 0. The molecule has 4 heterocycles. The zero-order chi connectivity index (χ0) is 28.6. The van der Waals surface area contributed by atoms with Crippen LogP contribution in [0.15, 0.2) is 60.3 Å². The lowest BCUT2D eigenvalue weighted by Gasteiger charge is -2.28. The van der Waals surface area contributed by atoms with Crippen molar-refractivity contribution in [1.29, 1.82) is 0 Å². The number of carbonyl (C=O) groups excluding carboxylic acids is 2. The van der Waals surface area contributed by atoms with Crippen LogP contribution in [0.3, 0.4) is 0 Å². The summed E-state index contributed by atoms with van der Waals surface area (Å²) in [6.07, 6.45) is 14.2. The van der Waals surface area contributed by atoms with E-state index in [1.807, 2.05) is 25.2 Å². The molecule has 0 spiro atoms. The first kappa shape index (κ1) is 30.4. The van der Waals surface area contributed by atoms with Crippen LogP contribution in [-0.2, 0) is 33.3 Å². The molecule has 8 heteroatoms. The molecule has 9 atom stereocenters. The molecule has 1 N–H and O–H groups in total.